The number of halogens is 3. The molecule has 0 amide bonds. The van der Waals surface area contributed by atoms with Crippen LogP contribution in [-0.2, 0) is 16.7 Å². The number of hydrogen-bond acceptors (Lipinski definition) is 7. The van der Waals surface area contributed by atoms with Crippen molar-refractivity contribution in [3.63, 3.8) is 0 Å². The van der Waals surface area contributed by atoms with Crippen molar-refractivity contribution >= 4 is 37.6 Å². The molecule has 1 heterocycles. The van der Waals surface area contributed by atoms with Crippen molar-refractivity contribution in [2.24, 2.45) is 0 Å². The third kappa shape index (κ3) is 4.33. The van der Waals surface area contributed by atoms with Gasteiger partial charge in [0.2, 0.25) is 0 Å². The van der Waals surface area contributed by atoms with Gasteiger partial charge in [-0.1, -0.05) is 30.3 Å². The molecule has 0 aliphatic rings. The van der Waals surface area contributed by atoms with Crippen LogP contribution < -0.4 is 14.7 Å². The molecule has 11 heteroatoms. The fourth-order valence-corrected chi connectivity index (χ4v) is 3.63. The van der Waals surface area contributed by atoms with Crippen molar-refractivity contribution in [3.8, 4) is 17.6 Å². The summed E-state index contributed by atoms with van der Waals surface area (Å²) in [5.41, 5.74) is 1.69. The lowest BCUT2D eigenvalue weighted by Gasteiger charge is -2.13. The van der Waals surface area contributed by atoms with Gasteiger partial charge in [0.1, 0.15) is 29.7 Å². The number of pyridine rings is 1. The average molecular weight is 473 g/mol. The number of alkyl halides is 3. The maximum absolute atomic E-state index is 12.6. The molecule has 2 N–H and O–H groups in total. The molecule has 7 nitrogen and oxygen atoms in total. The maximum Gasteiger partial charge on any atom is 0.534 e. The van der Waals surface area contributed by atoms with Crippen LogP contribution in [0.2, 0.25) is 0 Å². The van der Waals surface area contributed by atoms with Crippen molar-refractivity contribution in [1.29, 1.82) is 5.26 Å². The standard InChI is InChI=1S/C22H14F3N3O4S/c23-22(24,25)33(29,30)32-16-9-15-8-14-6-7-19(31-12-13-4-2-1-3-5-13)17(11-26)20(14)28-21(15)18(27)10-16/h1-10H,12,27H2. The van der Waals surface area contributed by atoms with E-state index in [-0.39, 0.29) is 34.3 Å². The molecule has 0 bridgehead atoms. The van der Waals surface area contributed by atoms with Crippen LogP contribution in [0, 0.1) is 11.3 Å². The lowest BCUT2D eigenvalue weighted by Crippen LogP contribution is -2.28. The Kier molecular flexibility index (Phi) is 5.47. The molecule has 0 saturated heterocycles. The number of rotatable bonds is 5. The molecule has 0 radical (unpaired) electrons. The molecule has 3 aromatic carbocycles. The molecule has 0 fully saturated rings. The summed E-state index contributed by atoms with van der Waals surface area (Å²) >= 11 is 0. The highest BCUT2D eigenvalue weighted by Crippen LogP contribution is 2.34. The van der Waals surface area contributed by atoms with Crippen LogP contribution in [-0.4, -0.2) is 18.9 Å². The predicted molar refractivity (Wildman–Crippen MR) is 115 cm³/mol. The number of anilines is 1. The van der Waals surface area contributed by atoms with Crippen molar-refractivity contribution in [2.45, 2.75) is 12.1 Å². The van der Waals surface area contributed by atoms with Crippen LogP contribution in [0.5, 0.6) is 11.5 Å². The Morgan fingerprint density at radius 1 is 1.00 bits per heavy atom. The van der Waals surface area contributed by atoms with E-state index in [1.807, 2.05) is 30.3 Å². The Labute approximate surface area is 185 Å². The summed E-state index contributed by atoms with van der Waals surface area (Å²) in [5.74, 6) is -0.308. The smallest absolute Gasteiger partial charge is 0.487 e. The molecule has 0 spiro atoms. The predicted octanol–water partition coefficient (Wildman–Crippen LogP) is 4.65. The summed E-state index contributed by atoms with van der Waals surface area (Å²) in [4.78, 5) is 4.40. The van der Waals surface area contributed by atoms with Gasteiger partial charge in [-0.25, -0.2) is 4.98 Å². The fourth-order valence-electron chi connectivity index (χ4n) is 3.18. The largest absolute Gasteiger partial charge is 0.534 e. The zero-order chi connectivity index (χ0) is 23.8. The van der Waals surface area contributed by atoms with Crippen LogP contribution >= 0.6 is 0 Å². The van der Waals surface area contributed by atoms with Gasteiger partial charge in [-0.15, -0.1) is 0 Å². The van der Waals surface area contributed by atoms with E-state index >= 15 is 0 Å². The number of nitrogens with zero attached hydrogens (tertiary/aromatic N) is 2. The second-order valence-corrected chi connectivity index (χ2v) is 8.49. The summed E-state index contributed by atoms with van der Waals surface area (Å²) in [7, 11) is -5.86. The van der Waals surface area contributed by atoms with Gasteiger partial charge in [0, 0.05) is 16.8 Å². The number of ether oxygens (including phenoxy) is 1. The molecule has 0 saturated carbocycles. The van der Waals surface area contributed by atoms with E-state index in [1.165, 1.54) is 6.07 Å². The monoisotopic (exact) mass is 473 g/mol. The van der Waals surface area contributed by atoms with Gasteiger partial charge in [0.15, 0.2) is 0 Å². The number of fused-ring (bicyclic) bond motifs is 2. The molecule has 0 unspecified atom stereocenters. The van der Waals surface area contributed by atoms with Gasteiger partial charge < -0.3 is 14.7 Å². The molecule has 33 heavy (non-hydrogen) atoms. The van der Waals surface area contributed by atoms with Crippen molar-refractivity contribution in [2.75, 3.05) is 5.73 Å². The van der Waals surface area contributed by atoms with Crippen LogP contribution in [0.25, 0.3) is 21.8 Å². The van der Waals surface area contributed by atoms with E-state index in [0.717, 1.165) is 17.7 Å². The van der Waals surface area contributed by atoms with Crippen molar-refractivity contribution in [1.82, 2.24) is 4.98 Å². The molecule has 1 aromatic heterocycles. The highest BCUT2D eigenvalue weighted by atomic mass is 32.2. The van der Waals surface area contributed by atoms with Crippen LogP contribution in [0.4, 0.5) is 18.9 Å². The van der Waals surface area contributed by atoms with Gasteiger partial charge >= 0.3 is 15.6 Å². The lowest BCUT2D eigenvalue weighted by molar-refractivity contribution is -0.0500. The fraction of sp³-hybridized carbons (Fsp3) is 0.0909. The number of nitrogen functional groups attached to an aromatic ring is 1. The molecule has 0 aliphatic heterocycles. The Hall–Kier alpha value is -4.04. The minimum atomic E-state index is -5.86. The topological polar surface area (TPSA) is 115 Å². The normalized spacial score (nSPS) is 11.9. The summed E-state index contributed by atoms with van der Waals surface area (Å²) in [6, 6.07) is 18.1. The number of aromatic nitrogens is 1. The number of nitrogens with two attached hydrogens (primary N) is 1. The quantitative estimate of drug-likeness (QED) is 0.194. The van der Waals surface area contributed by atoms with Crippen LogP contribution in [0.1, 0.15) is 11.1 Å². The van der Waals surface area contributed by atoms with Gasteiger partial charge in [-0.05, 0) is 29.8 Å². The minimum absolute atomic E-state index is 0.124. The van der Waals surface area contributed by atoms with Crippen molar-refractivity contribution in [3.05, 3.63) is 71.8 Å². The average Bonchev–Trinajstić information content (AvgIpc) is 2.76. The Morgan fingerprint density at radius 3 is 2.39 bits per heavy atom. The van der Waals surface area contributed by atoms with E-state index in [4.69, 9.17) is 10.5 Å². The third-order valence-corrected chi connectivity index (χ3v) is 5.67. The van der Waals surface area contributed by atoms with E-state index in [1.54, 1.807) is 12.1 Å². The summed E-state index contributed by atoms with van der Waals surface area (Å²) < 4.78 is 70.5. The molecule has 4 rings (SSSR count). The first-order valence-corrected chi connectivity index (χ1v) is 10.7. The Bertz CT molecular complexity index is 1520. The van der Waals surface area contributed by atoms with E-state index in [2.05, 4.69) is 15.2 Å². The molecular weight excluding hydrogens is 459 g/mol. The lowest BCUT2D eigenvalue weighted by atomic mass is 10.1. The first-order chi connectivity index (χ1) is 15.6. The molecular formula is C22H14F3N3O4S. The molecule has 0 aliphatic carbocycles. The summed E-state index contributed by atoms with van der Waals surface area (Å²) in [5, 5.41) is 10.4. The van der Waals surface area contributed by atoms with Crippen LogP contribution in [0.15, 0.2) is 60.7 Å². The Balaban J connectivity index is 1.76. The number of hydrogen-bond donors (Lipinski definition) is 1. The summed E-state index contributed by atoms with van der Waals surface area (Å²) in [6.45, 7) is 0.227. The van der Waals surface area contributed by atoms with E-state index in [9.17, 15) is 26.9 Å². The molecule has 168 valence electrons. The third-order valence-electron chi connectivity index (χ3n) is 4.69. The zero-order valence-corrected chi connectivity index (χ0v) is 17.4. The first-order valence-electron chi connectivity index (χ1n) is 9.33. The van der Waals surface area contributed by atoms with Crippen molar-refractivity contribution < 1.29 is 30.5 Å². The van der Waals surface area contributed by atoms with Gasteiger partial charge in [0.25, 0.3) is 0 Å². The van der Waals surface area contributed by atoms with Gasteiger partial charge in [-0.3, -0.25) is 0 Å². The second-order valence-electron chi connectivity index (χ2n) is 6.95. The van der Waals surface area contributed by atoms with Gasteiger partial charge in [-0.2, -0.15) is 26.9 Å². The van der Waals surface area contributed by atoms with Crippen LogP contribution in [0.3, 0.4) is 0 Å². The highest BCUT2D eigenvalue weighted by molar-refractivity contribution is 7.88. The minimum Gasteiger partial charge on any atom is -0.487 e. The van der Waals surface area contributed by atoms with Gasteiger partial charge in [0.05, 0.1) is 16.7 Å². The molecule has 0 atom stereocenters. The summed E-state index contributed by atoms with van der Waals surface area (Å²) in [6.07, 6.45) is 0. The zero-order valence-electron chi connectivity index (χ0n) is 16.6. The first kappa shape index (κ1) is 22.2. The number of benzene rings is 3. The molecule has 4 aromatic rings. The number of nitriles is 1. The maximum atomic E-state index is 12.6. The van der Waals surface area contributed by atoms with E-state index in [0.29, 0.717) is 11.1 Å². The SMILES string of the molecule is N#Cc1c(OCc2ccccc2)ccc2cc3cc(OS(=O)(=O)C(F)(F)F)cc(N)c3nc12. The Morgan fingerprint density at radius 2 is 1.73 bits per heavy atom. The van der Waals surface area contributed by atoms with E-state index < -0.39 is 21.4 Å². The highest BCUT2D eigenvalue weighted by Gasteiger charge is 2.48. The second kappa shape index (κ2) is 8.14.